The molecule has 1 amide bonds. The highest BCUT2D eigenvalue weighted by atomic mass is 19.1. The fraction of sp³-hybridized carbons (Fsp3) is 0.238. The van der Waals surface area contributed by atoms with Gasteiger partial charge in [0, 0.05) is 6.54 Å². The lowest BCUT2D eigenvalue weighted by Crippen LogP contribution is -2.27. The molecule has 0 radical (unpaired) electrons. The molecule has 1 aliphatic heterocycles. The van der Waals surface area contributed by atoms with E-state index in [0.29, 0.717) is 25.4 Å². The average Bonchev–Trinajstić information content (AvgIpc) is 3.16. The Kier molecular flexibility index (Phi) is 5.08. The predicted octanol–water partition coefficient (Wildman–Crippen LogP) is 3.23. The van der Waals surface area contributed by atoms with Crippen LogP contribution >= 0.6 is 0 Å². The average molecular weight is 381 g/mol. The second kappa shape index (κ2) is 7.82. The Morgan fingerprint density at radius 1 is 1.25 bits per heavy atom. The molecule has 1 aliphatic rings. The topological polar surface area (TPSA) is 65.4 Å². The Morgan fingerprint density at radius 2 is 2.00 bits per heavy atom. The van der Waals surface area contributed by atoms with Crippen molar-refractivity contribution >= 4 is 5.91 Å². The number of aromatic nitrogens is 2. The Bertz CT molecular complexity index is 968. The van der Waals surface area contributed by atoms with Gasteiger partial charge in [-0.1, -0.05) is 24.3 Å². The zero-order chi connectivity index (χ0) is 19.5. The third-order valence-corrected chi connectivity index (χ3v) is 4.80. The van der Waals surface area contributed by atoms with E-state index in [1.807, 2.05) is 28.8 Å². The fourth-order valence-corrected chi connectivity index (χ4v) is 3.21. The van der Waals surface area contributed by atoms with Gasteiger partial charge in [-0.3, -0.25) is 4.79 Å². The predicted molar refractivity (Wildman–Crippen MR) is 100 cm³/mol. The Morgan fingerprint density at radius 3 is 2.71 bits per heavy atom. The summed E-state index contributed by atoms with van der Waals surface area (Å²) in [5.41, 5.74) is 2.97. The van der Waals surface area contributed by atoms with Crippen molar-refractivity contribution in [2.75, 3.05) is 7.11 Å². The van der Waals surface area contributed by atoms with Crippen LogP contribution in [0.15, 0.2) is 54.9 Å². The van der Waals surface area contributed by atoms with Crippen molar-refractivity contribution in [3.8, 4) is 5.75 Å². The Labute approximate surface area is 161 Å². The SMILES string of the molecule is COc1ccc(C2Cn3cnc(C(=O)NCc4ccc(F)cc4)c3CO2)cc1. The monoisotopic (exact) mass is 381 g/mol. The van der Waals surface area contributed by atoms with Gasteiger partial charge >= 0.3 is 0 Å². The molecule has 1 aromatic heterocycles. The van der Waals surface area contributed by atoms with Crippen LogP contribution in [0, 0.1) is 5.82 Å². The number of fused-ring (bicyclic) bond motifs is 1. The molecule has 1 N–H and O–H groups in total. The number of halogens is 1. The number of hydrogen-bond acceptors (Lipinski definition) is 4. The van der Waals surface area contributed by atoms with E-state index in [9.17, 15) is 9.18 Å². The second-order valence-electron chi connectivity index (χ2n) is 6.57. The molecule has 0 saturated heterocycles. The molecule has 2 aromatic carbocycles. The summed E-state index contributed by atoms with van der Waals surface area (Å²) in [4.78, 5) is 16.8. The lowest BCUT2D eigenvalue weighted by Gasteiger charge is -2.25. The van der Waals surface area contributed by atoms with E-state index in [2.05, 4.69) is 10.3 Å². The molecule has 28 heavy (non-hydrogen) atoms. The lowest BCUT2D eigenvalue weighted by molar-refractivity contribution is 0.00255. The molecule has 3 aromatic rings. The summed E-state index contributed by atoms with van der Waals surface area (Å²) >= 11 is 0. The van der Waals surface area contributed by atoms with Crippen molar-refractivity contribution in [3.63, 3.8) is 0 Å². The van der Waals surface area contributed by atoms with E-state index in [-0.39, 0.29) is 17.8 Å². The van der Waals surface area contributed by atoms with Crippen LogP contribution in [-0.4, -0.2) is 22.6 Å². The first kappa shape index (κ1) is 18.2. The van der Waals surface area contributed by atoms with E-state index in [4.69, 9.17) is 9.47 Å². The summed E-state index contributed by atoms with van der Waals surface area (Å²) in [7, 11) is 1.63. The molecule has 0 spiro atoms. The smallest absolute Gasteiger partial charge is 0.272 e. The molecule has 0 fully saturated rings. The molecule has 0 aliphatic carbocycles. The number of nitrogens with one attached hydrogen (secondary N) is 1. The summed E-state index contributed by atoms with van der Waals surface area (Å²) in [6.45, 7) is 1.19. The van der Waals surface area contributed by atoms with Crippen molar-refractivity contribution in [2.45, 2.75) is 25.8 Å². The van der Waals surface area contributed by atoms with Crippen LogP contribution in [0.4, 0.5) is 4.39 Å². The highest BCUT2D eigenvalue weighted by Gasteiger charge is 2.26. The van der Waals surface area contributed by atoms with Crippen LogP contribution in [0.1, 0.15) is 33.4 Å². The molecular weight excluding hydrogens is 361 g/mol. The minimum Gasteiger partial charge on any atom is -0.497 e. The standard InChI is InChI=1S/C21H20FN3O3/c1-27-17-8-4-15(5-9-17)19-11-25-13-24-20(18(25)12-28-19)21(26)23-10-14-2-6-16(22)7-3-14/h2-9,13,19H,10-12H2,1H3,(H,23,26). The van der Waals surface area contributed by atoms with Gasteiger partial charge in [-0.2, -0.15) is 0 Å². The van der Waals surface area contributed by atoms with Crippen LogP contribution in [0.3, 0.4) is 0 Å². The molecule has 2 heterocycles. The fourth-order valence-electron chi connectivity index (χ4n) is 3.21. The van der Waals surface area contributed by atoms with Gasteiger partial charge in [-0.25, -0.2) is 9.37 Å². The lowest BCUT2D eigenvalue weighted by atomic mass is 10.1. The van der Waals surface area contributed by atoms with Crippen LogP contribution in [0.5, 0.6) is 5.75 Å². The highest BCUT2D eigenvalue weighted by molar-refractivity contribution is 5.93. The number of ether oxygens (including phenoxy) is 2. The van der Waals surface area contributed by atoms with Crippen molar-refractivity contribution in [1.29, 1.82) is 0 Å². The third kappa shape index (κ3) is 3.75. The van der Waals surface area contributed by atoms with Gasteiger partial charge in [0.05, 0.1) is 32.3 Å². The number of carbonyl (C=O) groups excluding carboxylic acids is 1. The summed E-state index contributed by atoms with van der Waals surface area (Å²) in [6, 6.07) is 13.8. The molecular formula is C21H20FN3O3. The van der Waals surface area contributed by atoms with Crippen LogP contribution in [0.2, 0.25) is 0 Å². The van der Waals surface area contributed by atoms with E-state index >= 15 is 0 Å². The minimum atomic E-state index is -0.304. The molecule has 7 heteroatoms. The number of imidazole rings is 1. The van der Waals surface area contributed by atoms with Crippen molar-refractivity contribution in [3.05, 3.63) is 83.2 Å². The normalized spacial score (nSPS) is 15.7. The number of methoxy groups -OCH3 is 1. The Hall–Kier alpha value is -3.19. The molecule has 144 valence electrons. The van der Waals surface area contributed by atoms with E-state index in [0.717, 1.165) is 22.6 Å². The maximum atomic E-state index is 13.0. The van der Waals surface area contributed by atoms with Gasteiger partial charge in [0.2, 0.25) is 0 Å². The summed E-state index contributed by atoms with van der Waals surface area (Å²) < 4.78 is 26.1. The molecule has 4 rings (SSSR count). The largest absolute Gasteiger partial charge is 0.497 e. The number of amides is 1. The van der Waals surface area contributed by atoms with Gasteiger partial charge in [-0.05, 0) is 35.4 Å². The molecule has 0 saturated carbocycles. The quantitative estimate of drug-likeness (QED) is 0.737. The highest BCUT2D eigenvalue weighted by Crippen LogP contribution is 2.28. The van der Waals surface area contributed by atoms with Crippen molar-refractivity contribution in [1.82, 2.24) is 14.9 Å². The zero-order valence-corrected chi connectivity index (χ0v) is 15.4. The molecule has 1 atom stereocenters. The first-order chi connectivity index (χ1) is 13.6. The van der Waals surface area contributed by atoms with Crippen LogP contribution in [-0.2, 0) is 24.4 Å². The first-order valence-corrected chi connectivity index (χ1v) is 8.96. The van der Waals surface area contributed by atoms with E-state index in [1.54, 1.807) is 25.6 Å². The number of nitrogens with zero attached hydrogens (tertiary/aromatic N) is 2. The van der Waals surface area contributed by atoms with E-state index < -0.39 is 0 Å². The van der Waals surface area contributed by atoms with Gasteiger partial charge in [0.1, 0.15) is 17.7 Å². The summed E-state index contributed by atoms with van der Waals surface area (Å²) in [6.07, 6.45) is 1.56. The minimum absolute atomic E-state index is 0.109. The third-order valence-electron chi connectivity index (χ3n) is 4.80. The molecule has 0 bridgehead atoms. The summed E-state index contributed by atoms with van der Waals surface area (Å²) in [5, 5.41) is 2.82. The van der Waals surface area contributed by atoms with Gasteiger partial charge < -0.3 is 19.4 Å². The van der Waals surface area contributed by atoms with Crippen LogP contribution in [0.25, 0.3) is 0 Å². The first-order valence-electron chi connectivity index (χ1n) is 8.96. The number of benzene rings is 2. The maximum Gasteiger partial charge on any atom is 0.272 e. The second-order valence-corrected chi connectivity index (χ2v) is 6.57. The van der Waals surface area contributed by atoms with Gasteiger partial charge in [0.15, 0.2) is 5.69 Å². The number of carbonyl (C=O) groups is 1. The van der Waals surface area contributed by atoms with Gasteiger partial charge in [0.25, 0.3) is 5.91 Å². The van der Waals surface area contributed by atoms with E-state index in [1.165, 1.54) is 12.1 Å². The van der Waals surface area contributed by atoms with Crippen LogP contribution < -0.4 is 10.1 Å². The Balaban J connectivity index is 1.42. The number of rotatable bonds is 5. The van der Waals surface area contributed by atoms with Crippen molar-refractivity contribution in [2.24, 2.45) is 0 Å². The summed E-state index contributed by atoms with van der Waals surface area (Å²) in [5.74, 6) is 0.217. The van der Waals surface area contributed by atoms with Crippen molar-refractivity contribution < 1.29 is 18.7 Å². The molecule has 6 nitrogen and oxygen atoms in total. The zero-order valence-electron chi connectivity index (χ0n) is 15.4. The number of hydrogen-bond donors (Lipinski definition) is 1. The maximum absolute atomic E-state index is 13.0. The van der Waals surface area contributed by atoms with Gasteiger partial charge in [-0.15, -0.1) is 0 Å². The molecule has 1 unspecified atom stereocenters.